The highest BCUT2D eigenvalue weighted by atomic mass is 35.5. The zero-order chi connectivity index (χ0) is 21.8. The Morgan fingerprint density at radius 3 is 2.60 bits per heavy atom. The van der Waals surface area contributed by atoms with Crippen LogP contribution in [-0.4, -0.2) is 53.6 Å². The number of nitrogens with one attached hydrogen (secondary N) is 2. The second-order valence-electron chi connectivity index (χ2n) is 6.98. The predicted octanol–water partition coefficient (Wildman–Crippen LogP) is 3.38. The summed E-state index contributed by atoms with van der Waals surface area (Å²) < 4.78 is 11.0. The number of halogens is 1. The smallest absolute Gasteiger partial charge is 0.163 e. The van der Waals surface area contributed by atoms with Gasteiger partial charge in [0.15, 0.2) is 5.82 Å². The molecule has 3 aromatic rings. The third-order valence-corrected chi connectivity index (χ3v) is 5.04. The molecule has 0 aliphatic carbocycles. The van der Waals surface area contributed by atoms with Gasteiger partial charge in [-0.15, -0.1) is 0 Å². The molecule has 0 spiro atoms. The summed E-state index contributed by atoms with van der Waals surface area (Å²) in [6.45, 7) is 6.27. The number of aromatic nitrogens is 3. The van der Waals surface area contributed by atoms with Gasteiger partial charge in [-0.3, -0.25) is 0 Å². The van der Waals surface area contributed by atoms with Crippen molar-refractivity contribution in [2.75, 3.05) is 32.6 Å². The number of likely N-dealkylation sites (N-methyl/N-ethyl adjacent to an activating group) is 1. The van der Waals surface area contributed by atoms with Crippen LogP contribution in [0.5, 0.6) is 5.75 Å². The first-order chi connectivity index (χ1) is 14.3. The van der Waals surface area contributed by atoms with E-state index in [0.717, 1.165) is 22.5 Å². The maximum atomic E-state index is 9.88. The van der Waals surface area contributed by atoms with Crippen molar-refractivity contribution < 1.29 is 14.4 Å². The van der Waals surface area contributed by atoms with Crippen LogP contribution in [0.3, 0.4) is 0 Å². The van der Waals surface area contributed by atoms with E-state index in [4.69, 9.17) is 25.8 Å². The number of aliphatic hydroxyl groups is 1. The van der Waals surface area contributed by atoms with Crippen LogP contribution < -0.4 is 15.4 Å². The Hall–Kier alpha value is -2.68. The summed E-state index contributed by atoms with van der Waals surface area (Å²) in [6.07, 6.45) is -0.619. The molecular weight excluding hydrogens is 406 g/mol. The van der Waals surface area contributed by atoms with Crippen LogP contribution in [-0.2, 0) is 0 Å². The zero-order valence-electron chi connectivity index (χ0n) is 17.7. The van der Waals surface area contributed by atoms with Crippen LogP contribution in [0.1, 0.15) is 17.0 Å². The molecule has 2 heterocycles. The molecule has 8 nitrogen and oxygen atoms in total. The molecule has 160 valence electrons. The number of rotatable bonds is 8. The van der Waals surface area contributed by atoms with E-state index in [1.54, 1.807) is 32.3 Å². The van der Waals surface area contributed by atoms with Crippen LogP contribution in [0.4, 0.5) is 5.82 Å². The van der Waals surface area contributed by atoms with Crippen LogP contribution in [0.15, 0.2) is 22.7 Å². The minimum Gasteiger partial charge on any atom is -0.491 e. The van der Waals surface area contributed by atoms with Crippen molar-refractivity contribution in [2.24, 2.45) is 0 Å². The molecule has 0 amide bonds. The molecule has 2 aromatic heterocycles. The average molecular weight is 432 g/mol. The van der Waals surface area contributed by atoms with Gasteiger partial charge in [-0.1, -0.05) is 16.8 Å². The SMILES string of the molecule is CNC[C@@H](O)COc1ccc(Cl)c(-c2nc(NC)c(C)c(-c3c(C)noc3C)n2)c1. The Morgan fingerprint density at radius 1 is 1.20 bits per heavy atom. The maximum Gasteiger partial charge on any atom is 0.163 e. The van der Waals surface area contributed by atoms with E-state index in [-0.39, 0.29) is 6.61 Å². The van der Waals surface area contributed by atoms with Crippen LogP contribution in [0.2, 0.25) is 5.02 Å². The highest BCUT2D eigenvalue weighted by molar-refractivity contribution is 6.33. The summed E-state index contributed by atoms with van der Waals surface area (Å²) in [5, 5.41) is 20.4. The van der Waals surface area contributed by atoms with Gasteiger partial charge in [0.05, 0.1) is 22.0 Å². The molecule has 9 heteroatoms. The van der Waals surface area contributed by atoms with E-state index in [1.165, 1.54) is 0 Å². The molecule has 0 saturated heterocycles. The summed E-state index contributed by atoms with van der Waals surface area (Å²) in [7, 11) is 3.58. The fourth-order valence-electron chi connectivity index (χ4n) is 3.20. The molecule has 3 rings (SSSR count). The van der Waals surface area contributed by atoms with Gasteiger partial charge >= 0.3 is 0 Å². The van der Waals surface area contributed by atoms with Crippen LogP contribution in [0.25, 0.3) is 22.6 Å². The normalized spacial score (nSPS) is 12.1. The largest absolute Gasteiger partial charge is 0.491 e. The van der Waals surface area contributed by atoms with Crippen molar-refractivity contribution in [1.82, 2.24) is 20.4 Å². The Balaban J connectivity index is 2.05. The van der Waals surface area contributed by atoms with E-state index < -0.39 is 6.10 Å². The number of benzene rings is 1. The summed E-state index contributed by atoms with van der Waals surface area (Å²) in [5.41, 5.74) is 3.83. The number of hydrogen-bond donors (Lipinski definition) is 3. The van der Waals surface area contributed by atoms with Crippen molar-refractivity contribution in [3.63, 3.8) is 0 Å². The molecule has 3 N–H and O–H groups in total. The number of nitrogens with zero attached hydrogens (tertiary/aromatic N) is 3. The fourth-order valence-corrected chi connectivity index (χ4v) is 3.40. The molecule has 0 saturated carbocycles. The zero-order valence-corrected chi connectivity index (χ0v) is 18.5. The quantitative estimate of drug-likeness (QED) is 0.498. The lowest BCUT2D eigenvalue weighted by atomic mass is 10.0. The molecule has 30 heavy (non-hydrogen) atoms. The van der Waals surface area contributed by atoms with Crippen molar-refractivity contribution >= 4 is 17.4 Å². The molecule has 0 aliphatic heterocycles. The van der Waals surface area contributed by atoms with Gasteiger partial charge in [0.25, 0.3) is 0 Å². The van der Waals surface area contributed by atoms with Crippen molar-refractivity contribution in [2.45, 2.75) is 26.9 Å². The van der Waals surface area contributed by atoms with Crippen molar-refractivity contribution in [3.05, 3.63) is 40.2 Å². The Labute approximate surface area is 180 Å². The van der Waals surface area contributed by atoms with E-state index >= 15 is 0 Å². The van der Waals surface area contributed by atoms with E-state index in [1.807, 2.05) is 20.8 Å². The Kier molecular flexibility index (Phi) is 6.91. The molecule has 0 radical (unpaired) electrons. The second-order valence-corrected chi connectivity index (χ2v) is 7.39. The van der Waals surface area contributed by atoms with E-state index in [0.29, 0.717) is 40.3 Å². The monoisotopic (exact) mass is 431 g/mol. The highest BCUT2D eigenvalue weighted by Crippen LogP contribution is 2.35. The average Bonchev–Trinajstić information content (AvgIpc) is 3.06. The number of ether oxygens (including phenoxy) is 1. The lowest BCUT2D eigenvalue weighted by Crippen LogP contribution is -2.29. The number of hydrogen-bond acceptors (Lipinski definition) is 8. The summed E-state index contributed by atoms with van der Waals surface area (Å²) in [5.74, 6) is 2.38. The highest BCUT2D eigenvalue weighted by Gasteiger charge is 2.21. The number of aliphatic hydroxyl groups excluding tert-OH is 1. The second kappa shape index (κ2) is 9.42. The number of anilines is 1. The van der Waals surface area contributed by atoms with Gasteiger partial charge in [-0.05, 0) is 46.0 Å². The van der Waals surface area contributed by atoms with Gasteiger partial charge < -0.3 is 25.0 Å². The first-order valence-corrected chi connectivity index (χ1v) is 9.98. The topological polar surface area (TPSA) is 105 Å². The lowest BCUT2D eigenvalue weighted by Gasteiger charge is -2.15. The fraction of sp³-hybridized carbons (Fsp3) is 0.381. The van der Waals surface area contributed by atoms with E-state index in [2.05, 4.69) is 20.8 Å². The van der Waals surface area contributed by atoms with Gasteiger partial charge in [0, 0.05) is 24.7 Å². The molecule has 1 atom stereocenters. The molecule has 0 fully saturated rings. The molecule has 0 unspecified atom stereocenters. The van der Waals surface area contributed by atoms with Gasteiger partial charge in [-0.25, -0.2) is 9.97 Å². The molecule has 0 aliphatic rings. The standard InChI is InChI=1S/C21H26ClN5O3/c1-11-19(18-12(2)27-30-13(18)3)25-21(26-20(11)24-5)16-8-15(6-7-17(16)22)29-10-14(28)9-23-4/h6-8,14,23,28H,9-10H2,1-5H3,(H,24,25,26)/t14-/m1/s1. The lowest BCUT2D eigenvalue weighted by molar-refractivity contribution is 0.108. The summed E-state index contributed by atoms with van der Waals surface area (Å²) >= 11 is 6.47. The van der Waals surface area contributed by atoms with Gasteiger partial charge in [0.1, 0.15) is 30.0 Å². The first-order valence-electron chi connectivity index (χ1n) is 9.60. The molecular formula is C21H26ClN5O3. The summed E-state index contributed by atoms with van der Waals surface area (Å²) in [6, 6.07) is 5.25. The minimum atomic E-state index is -0.619. The number of aryl methyl sites for hydroxylation is 2. The maximum absolute atomic E-state index is 9.88. The molecule has 1 aromatic carbocycles. The summed E-state index contributed by atoms with van der Waals surface area (Å²) in [4.78, 5) is 9.44. The van der Waals surface area contributed by atoms with Gasteiger partial charge in [-0.2, -0.15) is 0 Å². The first kappa shape index (κ1) is 22.0. The Morgan fingerprint density at radius 2 is 1.97 bits per heavy atom. The van der Waals surface area contributed by atoms with E-state index in [9.17, 15) is 5.11 Å². The van der Waals surface area contributed by atoms with Crippen LogP contribution in [0, 0.1) is 20.8 Å². The van der Waals surface area contributed by atoms with Crippen LogP contribution >= 0.6 is 11.6 Å². The predicted molar refractivity (Wildman–Crippen MR) is 117 cm³/mol. The van der Waals surface area contributed by atoms with Crippen molar-refractivity contribution in [1.29, 1.82) is 0 Å². The molecule has 0 bridgehead atoms. The van der Waals surface area contributed by atoms with Gasteiger partial charge in [0.2, 0.25) is 0 Å². The third kappa shape index (κ3) is 4.56. The third-order valence-electron chi connectivity index (χ3n) is 4.71. The van der Waals surface area contributed by atoms with Crippen molar-refractivity contribution in [3.8, 4) is 28.4 Å². The minimum absolute atomic E-state index is 0.156. The Bertz CT molecular complexity index is 1020.